The smallest absolute Gasteiger partial charge is 0.318 e. The second-order valence-corrected chi connectivity index (χ2v) is 11.2. The number of hydrogen-bond acceptors (Lipinski definition) is 3. The van der Waals surface area contributed by atoms with Gasteiger partial charge in [0.25, 0.3) is 0 Å². The molecule has 190 valence electrons. The van der Waals surface area contributed by atoms with E-state index in [1.165, 1.54) is 46.0 Å². The van der Waals surface area contributed by atoms with E-state index < -0.39 is 0 Å². The molecule has 2 aromatic carbocycles. The van der Waals surface area contributed by atoms with Gasteiger partial charge in [-0.25, -0.2) is 9.18 Å². The van der Waals surface area contributed by atoms with Crippen molar-refractivity contribution in [3.63, 3.8) is 0 Å². The van der Waals surface area contributed by atoms with Crippen molar-refractivity contribution in [2.75, 3.05) is 19.0 Å². The van der Waals surface area contributed by atoms with Gasteiger partial charge in [-0.3, -0.25) is 0 Å². The van der Waals surface area contributed by atoms with E-state index in [2.05, 4.69) is 57.4 Å². The van der Waals surface area contributed by atoms with E-state index in [0.717, 1.165) is 35.3 Å². The van der Waals surface area contributed by atoms with Gasteiger partial charge in [-0.15, -0.1) is 11.3 Å². The standard InChI is InChI=1S/C30H31FN4OS/c1-33(2)23-15-11-21(12-16-23)28-26-7-5-17-34(26)29-25(24-6-3-4-8-27(24)37-29)19-35(28)30(36)32-18-20-9-13-22(31)14-10-20/h5,7,9-17,28H,3-4,6,8,18-19H2,1-2H3,(H,32,36)/t28-/m1/s1. The van der Waals surface area contributed by atoms with Crippen molar-refractivity contribution in [2.45, 2.75) is 44.8 Å². The van der Waals surface area contributed by atoms with Crippen molar-refractivity contribution in [3.8, 4) is 5.00 Å². The third kappa shape index (κ3) is 4.42. The molecule has 2 amide bonds. The second-order valence-electron chi connectivity index (χ2n) is 10.1. The number of rotatable bonds is 4. The van der Waals surface area contributed by atoms with E-state index in [9.17, 15) is 9.18 Å². The number of halogens is 1. The molecule has 1 aliphatic carbocycles. The molecule has 0 spiro atoms. The Balaban J connectivity index is 1.42. The van der Waals surface area contributed by atoms with Crippen LogP contribution in [0.1, 0.15) is 51.7 Å². The van der Waals surface area contributed by atoms with Gasteiger partial charge in [-0.05, 0) is 78.8 Å². The van der Waals surface area contributed by atoms with Crippen molar-refractivity contribution in [1.82, 2.24) is 14.8 Å². The first-order valence-electron chi connectivity index (χ1n) is 12.9. The highest BCUT2D eigenvalue weighted by Gasteiger charge is 2.36. The summed E-state index contributed by atoms with van der Waals surface area (Å²) >= 11 is 1.89. The van der Waals surface area contributed by atoms with Crippen molar-refractivity contribution in [1.29, 1.82) is 0 Å². The van der Waals surface area contributed by atoms with E-state index >= 15 is 0 Å². The predicted molar refractivity (Wildman–Crippen MR) is 147 cm³/mol. The molecule has 1 atom stereocenters. The fourth-order valence-corrected chi connectivity index (χ4v) is 6.98. The fourth-order valence-electron chi connectivity index (χ4n) is 5.57. The van der Waals surface area contributed by atoms with Crippen LogP contribution >= 0.6 is 11.3 Å². The number of aromatic nitrogens is 1. The molecule has 0 bridgehead atoms. The minimum atomic E-state index is -0.278. The number of amides is 2. The van der Waals surface area contributed by atoms with Crippen LogP contribution in [-0.2, 0) is 25.9 Å². The number of hydrogen-bond donors (Lipinski definition) is 1. The van der Waals surface area contributed by atoms with Crippen LogP contribution in [0.25, 0.3) is 5.00 Å². The highest BCUT2D eigenvalue weighted by Crippen LogP contribution is 2.44. The zero-order valence-corrected chi connectivity index (χ0v) is 22.0. The molecule has 7 heteroatoms. The van der Waals surface area contributed by atoms with Gasteiger partial charge in [-0.1, -0.05) is 24.3 Å². The van der Waals surface area contributed by atoms with Gasteiger partial charge in [0.1, 0.15) is 10.8 Å². The molecule has 5 nitrogen and oxygen atoms in total. The first-order chi connectivity index (χ1) is 18.0. The lowest BCUT2D eigenvalue weighted by atomic mass is 9.95. The summed E-state index contributed by atoms with van der Waals surface area (Å²) in [6.45, 7) is 0.899. The molecule has 37 heavy (non-hydrogen) atoms. The molecule has 0 saturated heterocycles. The van der Waals surface area contributed by atoms with E-state index in [1.54, 1.807) is 12.1 Å². The summed E-state index contributed by atoms with van der Waals surface area (Å²) in [7, 11) is 4.06. The number of aryl methyl sites for hydroxylation is 1. The largest absolute Gasteiger partial charge is 0.378 e. The summed E-state index contributed by atoms with van der Waals surface area (Å²) in [4.78, 5) is 19.4. The molecule has 2 aliphatic rings. The third-order valence-corrected chi connectivity index (χ3v) is 8.86. The SMILES string of the molecule is CN(C)c1ccc([C@@H]2c3cccn3-c3sc4c(c3CN2C(=O)NCc2ccc(F)cc2)CCCC4)cc1. The maximum Gasteiger partial charge on any atom is 0.318 e. The summed E-state index contributed by atoms with van der Waals surface area (Å²) in [5, 5.41) is 4.37. The van der Waals surface area contributed by atoms with Crippen LogP contribution < -0.4 is 10.2 Å². The summed E-state index contributed by atoms with van der Waals surface area (Å²) in [5.74, 6) is -0.278. The Labute approximate surface area is 221 Å². The number of carbonyl (C=O) groups excluding carboxylic acids is 1. The number of anilines is 1. The highest BCUT2D eigenvalue weighted by molar-refractivity contribution is 7.15. The Morgan fingerprint density at radius 2 is 1.78 bits per heavy atom. The van der Waals surface area contributed by atoms with Crippen molar-refractivity contribution in [2.24, 2.45) is 0 Å². The number of fused-ring (bicyclic) bond motifs is 5. The maximum atomic E-state index is 13.9. The van der Waals surface area contributed by atoms with Gasteiger partial charge in [-0.2, -0.15) is 0 Å². The molecule has 1 aliphatic heterocycles. The molecule has 0 fully saturated rings. The van der Waals surface area contributed by atoms with Crippen LogP contribution in [0.2, 0.25) is 0 Å². The average molecular weight is 515 g/mol. The van der Waals surface area contributed by atoms with Gasteiger partial charge >= 0.3 is 6.03 Å². The minimum Gasteiger partial charge on any atom is -0.378 e. The Bertz CT molecular complexity index is 1420. The second kappa shape index (κ2) is 9.71. The zero-order chi connectivity index (χ0) is 25.5. The van der Waals surface area contributed by atoms with Crippen LogP contribution in [0.3, 0.4) is 0 Å². The van der Waals surface area contributed by atoms with Crippen molar-refractivity contribution >= 4 is 23.1 Å². The molecule has 1 N–H and O–H groups in total. The molecule has 0 saturated carbocycles. The Morgan fingerprint density at radius 3 is 2.54 bits per heavy atom. The lowest BCUT2D eigenvalue weighted by Gasteiger charge is -2.31. The Hall–Kier alpha value is -3.58. The van der Waals surface area contributed by atoms with Crippen LogP contribution in [-0.4, -0.2) is 29.6 Å². The number of nitrogens with zero attached hydrogens (tertiary/aromatic N) is 3. The van der Waals surface area contributed by atoms with Crippen LogP contribution in [0.5, 0.6) is 0 Å². The molecule has 4 aromatic rings. The van der Waals surface area contributed by atoms with Gasteiger partial charge in [0.15, 0.2) is 0 Å². The van der Waals surface area contributed by atoms with Gasteiger partial charge < -0.3 is 19.7 Å². The first kappa shape index (κ1) is 23.8. The fraction of sp³-hybridized carbons (Fsp3) is 0.300. The lowest BCUT2D eigenvalue weighted by molar-refractivity contribution is 0.180. The molecule has 2 aromatic heterocycles. The summed E-state index contributed by atoms with van der Waals surface area (Å²) in [5.41, 5.74) is 6.87. The number of carbonyl (C=O) groups is 1. The van der Waals surface area contributed by atoms with Crippen LogP contribution in [0.15, 0.2) is 66.9 Å². The van der Waals surface area contributed by atoms with E-state index in [0.29, 0.717) is 13.1 Å². The van der Waals surface area contributed by atoms with Crippen LogP contribution in [0.4, 0.5) is 14.9 Å². The molecular formula is C30H31FN4OS. The first-order valence-corrected chi connectivity index (χ1v) is 13.7. The molecule has 3 heterocycles. The predicted octanol–water partition coefficient (Wildman–Crippen LogP) is 6.44. The number of thiophene rings is 1. The quantitative estimate of drug-likeness (QED) is 0.341. The van der Waals surface area contributed by atoms with Crippen molar-refractivity contribution < 1.29 is 9.18 Å². The van der Waals surface area contributed by atoms with Gasteiger partial charge in [0, 0.05) is 43.0 Å². The monoisotopic (exact) mass is 514 g/mol. The highest BCUT2D eigenvalue weighted by atomic mass is 32.1. The third-order valence-electron chi connectivity index (χ3n) is 7.52. The zero-order valence-electron chi connectivity index (χ0n) is 21.2. The summed E-state index contributed by atoms with van der Waals surface area (Å²) in [6, 6.07) is 18.6. The summed E-state index contributed by atoms with van der Waals surface area (Å²) in [6.07, 6.45) is 6.76. The minimum absolute atomic E-state index is 0.123. The Morgan fingerprint density at radius 1 is 1.03 bits per heavy atom. The normalized spacial score (nSPS) is 16.4. The molecular weight excluding hydrogens is 483 g/mol. The number of nitrogens with one attached hydrogen (secondary N) is 1. The number of urea groups is 1. The molecule has 6 rings (SSSR count). The molecule has 0 unspecified atom stereocenters. The van der Waals surface area contributed by atoms with E-state index in [-0.39, 0.29) is 17.9 Å². The lowest BCUT2D eigenvalue weighted by Crippen LogP contribution is -2.41. The average Bonchev–Trinajstić information content (AvgIpc) is 3.50. The van der Waals surface area contributed by atoms with Crippen LogP contribution in [0, 0.1) is 5.82 Å². The van der Waals surface area contributed by atoms with Crippen molar-refractivity contribution in [3.05, 3.63) is 106 Å². The maximum absolute atomic E-state index is 13.9. The Kier molecular flexibility index (Phi) is 6.24. The summed E-state index contributed by atoms with van der Waals surface area (Å²) < 4.78 is 15.7. The molecule has 0 radical (unpaired) electrons. The van der Waals surface area contributed by atoms with Gasteiger partial charge in [0.05, 0.1) is 18.3 Å². The van der Waals surface area contributed by atoms with Gasteiger partial charge in [0.2, 0.25) is 0 Å². The topological polar surface area (TPSA) is 40.5 Å². The number of benzene rings is 2. The van der Waals surface area contributed by atoms with E-state index in [4.69, 9.17) is 0 Å². The van der Waals surface area contributed by atoms with E-state index in [1.807, 2.05) is 30.3 Å².